The van der Waals surface area contributed by atoms with E-state index in [1.54, 1.807) is 31.3 Å². The predicted octanol–water partition coefficient (Wildman–Crippen LogP) is 2.69. The topological polar surface area (TPSA) is 71.1 Å². The van der Waals surface area contributed by atoms with E-state index in [4.69, 9.17) is 0 Å². The van der Waals surface area contributed by atoms with Gasteiger partial charge in [0, 0.05) is 25.4 Å². The highest BCUT2D eigenvalue weighted by atomic mass is 32.2. The molecule has 0 fully saturated rings. The number of rotatable bonds is 6. The fourth-order valence-corrected chi connectivity index (χ4v) is 2.52. The monoisotopic (exact) mass is 351 g/mol. The third-order valence-electron chi connectivity index (χ3n) is 3.11. The number of aromatic nitrogens is 1. The summed E-state index contributed by atoms with van der Waals surface area (Å²) in [5.74, 6) is -3.33. The Bertz CT molecular complexity index is 724. The summed E-state index contributed by atoms with van der Waals surface area (Å²) in [4.78, 5) is 27.4. The quantitative estimate of drug-likeness (QED) is 0.785. The molecule has 2 aromatic rings. The Balaban J connectivity index is 2.02. The molecule has 1 aromatic heterocycles. The Morgan fingerprint density at radius 2 is 1.88 bits per heavy atom. The van der Waals surface area contributed by atoms with Crippen LogP contribution >= 0.6 is 11.8 Å². The molecule has 0 saturated heterocycles. The summed E-state index contributed by atoms with van der Waals surface area (Å²) in [6.45, 7) is 0.209. The highest BCUT2D eigenvalue weighted by molar-refractivity contribution is 7.99. The molecule has 1 heterocycles. The molecule has 24 heavy (non-hydrogen) atoms. The van der Waals surface area contributed by atoms with E-state index in [0.29, 0.717) is 5.56 Å². The third-order valence-corrected chi connectivity index (χ3v) is 3.84. The Hall–Kier alpha value is -2.48. The van der Waals surface area contributed by atoms with Crippen LogP contribution in [0, 0.1) is 0 Å². The first kappa shape index (κ1) is 17.9. The van der Waals surface area contributed by atoms with Gasteiger partial charge in [-0.25, -0.2) is 4.98 Å². The van der Waals surface area contributed by atoms with Gasteiger partial charge >= 0.3 is 0 Å². The van der Waals surface area contributed by atoms with E-state index in [0.717, 1.165) is 5.56 Å². The molecule has 0 aliphatic heterocycles. The van der Waals surface area contributed by atoms with Gasteiger partial charge in [0.1, 0.15) is 5.03 Å². The number of hydrogen-bond donors (Lipinski definition) is 2. The zero-order valence-corrected chi connectivity index (χ0v) is 13.6. The highest BCUT2D eigenvalue weighted by Gasteiger charge is 2.16. The lowest BCUT2D eigenvalue weighted by Crippen LogP contribution is -2.24. The number of pyridine rings is 1. The van der Waals surface area contributed by atoms with Gasteiger partial charge in [-0.1, -0.05) is 12.1 Å². The van der Waals surface area contributed by atoms with Gasteiger partial charge in [0.25, 0.3) is 17.6 Å². The van der Waals surface area contributed by atoms with Gasteiger partial charge in [-0.3, -0.25) is 9.59 Å². The van der Waals surface area contributed by atoms with Crippen LogP contribution in [0.5, 0.6) is 0 Å². The van der Waals surface area contributed by atoms with Crippen molar-refractivity contribution in [3.05, 3.63) is 59.3 Å². The largest absolute Gasteiger partial charge is 0.355 e. The summed E-state index contributed by atoms with van der Waals surface area (Å²) >= 11 is 0.233. The van der Waals surface area contributed by atoms with E-state index in [2.05, 4.69) is 15.6 Å². The lowest BCUT2D eigenvalue weighted by Gasteiger charge is -2.09. The average molecular weight is 351 g/mol. The van der Waals surface area contributed by atoms with Gasteiger partial charge in [-0.15, -0.1) is 0 Å². The number of nitrogens with one attached hydrogen (secondary N) is 2. The molecule has 0 bridgehead atoms. The van der Waals surface area contributed by atoms with E-state index in [-0.39, 0.29) is 34.8 Å². The fraction of sp³-hybridized carbons (Fsp3) is 0.188. The van der Waals surface area contributed by atoms with Gasteiger partial charge in [0.2, 0.25) is 0 Å². The van der Waals surface area contributed by atoms with E-state index >= 15 is 0 Å². The maximum Gasteiger partial charge on any atom is 0.290 e. The molecule has 0 unspecified atom stereocenters. The zero-order chi connectivity index (χ0) is 17.5. The smallest absolute Gasteiger partial charge is 0.290 e. The molecule has 2 N–H and O–H groups in total. The minimum Gasteiger partial charge on any atom is -0.355 e. The molecule has 8 heteroatoms. The molecule has 1 aromatic carbocycles. The van der Waals surface area contributed by atoms with E-state index in [1.165, 1.54) is 18.3 Å². The molecule has 0 spiro atoms. The Labute approximate surface area is 141 Å². The van der Waals surface area contributed by atoms with Crippen LogP contribution in [0.2, 0.25) is 0 Å². The lowest BCUT2D eigenvalue weighted by molar-refractivity contribution is 0.0943. The SMILES string of the molecule is CNC(=O)c1ccc(CNC(=O)c2cccnc2SC(F)F)cc1. The van der Waals surface area contributed by atoms with Crippen LogP contribution in [-0.4, -0.2) is 29.6 Å². The zero-order valence-electron chi connectivity index (χ0n) is 12.8. The first-order chi connectivity index (χ1) is 11.5. The normalized spacial score (nSPS) is 10.5. The van der Waals surface area contributed by atoms with Crippen LogP contribution in [0.15, 0.2) is 47.6 Å². The number of alkyl halides is 2. The summed E-state index contributed by atoms with van der Waals surface area (Å²) in [5, 5.41) is 5.15. The Kier molecular flexibility index (Phi) is 6.25. The second kappa shape index (κ2) is 8.39. The number of amides is 2. The van der Waals surface area contributed by atoms with Crippen LogP contribution < -0.4 is 10.6 Å². The predicted molar refractivity (Wildman–Crippen MR) is 87.1 cm³/mol. The van der Waals surface area contributed by atoms with E-state index in [1.807, 2.05) is 0 Å². The minimum absolute atomic E-state index is 0.0139. The summed E-state index contributed by atoms with van der Waals surface area (Å²) in [6, 6.07) is 9.67. The van der Waals surface area contributed by atoms with Gasteiger partial charge in [-0.2, -0.15) is 8.78 Å². The molecule has 0 saturated carbocycles. The third kappa shape index (κ3) is 4.76. The number of nitrogens with zero attached hydrogens (tertiary/aromatic N) is 1. The number of halogens is 2. The maximum absolute atomic E-state index is 12.5. The van der Waals surface area contributed by atoms with Crippen LogP contribution in [0.1, 0.15) is 26.3 Å². The standard InChI is InChI=1S/C16H15F2N3O2S/c1-19-13(22)11-6-4-10(5-7-11)9-21-14(23)12-3-2-8-20-15(12)24-16(17)18/h2-8,16H,9H2,1H3,(H,19,22)(H,21,23). The minimum atomic E-state index is -2.65. The highest BCUT2D eigenvalue weighted by Crippen LogP contribution is 2.26. The summed E-state index contributed by atoms with van der Waals surface area (Å²) in [7, 11) is 1.54. The number of carbonyl (C=O) groups is 2. The second-order valence-electron chi connectivity index (χ2n) is 4.69. The second-order valence-corrected chi connectivity index (χ2v) is 5.67. The Morgan fingerprint density at radius 1 is 1.17 bits per heavy atom. The van der Waals surface area contributed by atoms with Crippen molar-refractivity contribution in [3.63, 3.8) is 0 Å². The number of carbonyl (C=O) groups excluding carboxylic acids is 2. The lowest BCUT2D eigenvalue weighted by atomic mass is 10.1. The molecular weight excluding hydrogens is 336 g/mol. The molecule has 0 radical (unpaired) electrons. The average Bonchev–Trinajstić information content (AvgIpc) is 2.59. The molecule has 0 aliphatic rings. The first-order valence-electron chi connectivity index (χ1n) is 7.00. The number of thioether (sulfide) groups is 1. The van der Waals surface area contributed by atoms with Crippen molar-refractivity contribution in [1.29, 1.82) is 0 Å². The maximum atomic E-state index is 12.5. The van der Waals surface area contributed by atoms with Gasteiger partial charge in [0.15, 0.2) is 0 Å². The van der Waals surface area contributed by atoms with Gasteiger partial charge < -0.3 is 10.6 Å². The molecule has 5 nitrogen and oxygen atoms in total. The van der Waals surface area contributed by atoms with Crippen molar-refractivity contribution < 1.29 is 18.4 Å². The summed E-state index contributed by atoms with van der Waals surface area (Å²) < 4.78 is 25.0. The Morgan fingerprint density at radius 3 is 2.50 bits per heavy atom. The fourth-order valence-electron chi connectivity index (χ4n) is 1.94. The van der Waals surface area contributed by atoms with E-state index < -0.39 is 11.7 Å². The molecule has 0 aliphatic carbocycles. The summed E-state index contributed by atoms with van der Waals surface area (Å²) in [6.07, 6.45) is 1.36. The van der Waals surface area contributed by atoms with Crippen molar-refractivity contribution >= 4 is 23.6 Å². The van der Waals surface area contributed by atoms with Crippen LogP contribution in [-0.2, 0) is 6.54 Å². The van der Waals surface area contributed by atoms with Gasteiger partial charge in [-0.05, 0) is 41.6 Å². The molecule has 0 atom stereocenters. The van der Waals surface area contributed by atoms with Crippen LogP contribution in [0.4, 0.5) is 8.78 Å². The van der Waals surface area contributed by atoms with Crippen molar-refractivity contribution in [2.45, 2.75) is 17.3 Å². The number of hydrogen-bond acceptors (Lipinski definition) is 4. The first-order valence-corrected chi connectivity index (χ1v) is 7.88. The van der Waals surface area contributed by atoms with Crippen molar-refractivity contribution in [2.75, 3.05) is 7.05 Å². The van der Waals surface area contributed by atoms with Crippen molar-refractivity contribution in [1.82, 2.24) is 15.6 Å². The molecule has 2 rings (SSSR count). The van der Waals surface area contributed by atoms with Crippen molar-refractivity contribution in [2.24, 2.45) is 0 Å². The van der Waals surface area contributed by atoms with Gasteiger partial charge in [0.05, 0.1) is 5.56 Å². The van der Waals surface area contributed by atoms with Crippen LogP contribution in [0.25, 0.3) is 0 Å². The van der Waals surface area contributed by atoms with Crippen molar-refractivity contribution in [3.8, 4) is 0 Å². The molecular formula is C16H15F2N3O2S. The molecule has 126 valence electrons. The van der Waals surface area contributed by atoms with Crippen LogP contribution in [0.3, 0.4) is 0 Å². The summed E-state index contributed by atoms with van der Waals surface area (Å²) in [5.41, 5.74) is 1.39. The molecule has 2 amide bonds. The number of benzene rings is 1. The van der Waals surface area contributed by atoms with E-state index in [9.17, 15) is 18.4 Å².